The number of fused-ring (bicyclic) bond motifs is 1. The van der Waals surface area contributed by atoms with Gasteiger partial charge in [0.05, 0.1) is 17.9 Å². The van der Waals surface area contributed by atoms with E-state index in [0.717, 1.165) is 12.8 Å². The van der Waals surface area contributed by atoms with E-state index in [1.807, 2.05) is 50.3 Å². The van der Waals surface area contributed by atoms with Crippen molar-refractivity contribution < 1.29 is 19.1 Å². The van der Waals surface area contributed by atoms with Gasteiger partial charge >= 0.3 is 0 Å². The normalized spacial score (nSPS) is 36.4. The summed E-state index contributed by atoms with van der Waals surface area (Å²) >= 11 is 0. The second kappa shape index (κ2) is 10.1. The van der Waals surface area contributed by atoms with Crippen LogP contribution in [0.15, 0.2) is 36.4 Å². The van der Waals surface area contributed by atoms with Gasteiger partial charge in [-0.05, 0) is 55.2 Å². The number of carbonyl (C=O) groups is 3. The van der Waals surface area contributed by atoms with Crippen LogP contribution in [0.1, 0.15) is 78.7 Å². The third-order valence-corrected chi connectivity index (χ3v) is 9.81. The molecule has 2 saturated heterocycles. The van der Waals surface area contributed by atoms with Gasteiger partial charge in [0.1, 0.15) is 11.6 Å². The molecule has 206 valence electrons. The van der Waals surface area contributed by atoms with Gasteiger partial charge in [0, 0.05) is 17.8 Å². The van der Waals surface area contributed by atoms with Crippen LogP contribution >= 0.6 is 0 Å². The first-order valence-electron chi connectivity index (χ1n) is 14.5. The largest absolute Gasteiger partial charge is 0.359 e. The van der Waals surface area contributed by atoms with Gasteiger partial charge in [0.15, 0.2) is 0 Å². The summed E-state index contributed by atoms with van der Waals surface area (Å²) in [6.07, 6.45) is 7.15. The summed E-state index contributed by atoms with van der Waals surface area (Å²) in [7, 11) is 0. The molecule has 9 atom stereocenters. The van der Waals surface area contributed by atoms with E-state index in [1.54, 1.807) is 4.90 Å². The molecular formula is C31H43N3O4. The van der Waals surface area contributed by atoms with Gasteiger partial charge < -0.3 is 20.3 Å². The fourth-order valence-corrected chi connectivity index (χ4v) is 7.10. The van der Waals surface area contributed by atoms with Gasteiger partial charge in [-0.15, -0.1) is 0 Å². The Bertz CT molecular complexity index is 1110. The van der Waals surface area contributed by atoms with Crippen LogP contribution in [0.25, 0.3) is 0 Å². The van der Waals surface area contributed by atoms with Crippen LogP contribution in [0.4, 0.5) is 5.69 Å². The summed E-state index contributed by atoms with van der Waals surface area (Å²) in [6, 6.07) is 6.96. The van der Waals surface area contributed by atoms with E-state index in [4.69, 9.17) is 4.74 Å². The van der Waals surface area contributed by atoms with Crippen LogP contribution in [-0.2, 0) is 19.1 Å². The van der Waals surface area contributed by atoms with Crippen molar-refractivity contribution in [3.05, 3.63) is 42.0 Å². The molecule has 38 heavy (non-hydrogen) atoms. The van der Waals surface area contributed by atoms with Crippen LogP contribution in [0.2, 0.25) is 0 Å². The number of nitrogens with one attached hydrogen (secondary N) is 2. The lowest BCUT2D eigenvalue weighted by atomic mass is 9.73. The van der Waals surface area contributed by atoms with Crippen molar-refractivity contribution in [2.24, 2.45) is 23.7 Å². The molecule has 3 fully saturated rings. The third kappa shape index (κ3) is 4.27. The minimum Gasteiger partial charge on any atom is -0.359 e. The van der Waals surface area contributed by atoms with E-state index < -0.39 is 29.6 Å². The number of hydrogen-bond acceptors (Lipinski definition) is 4. The second-order valence-electron chi connectivity index (χ2n) is 12.4. The van der Waals surface area contributed by atoms with Crippen molar-refractivity contribution in [3.63, 3.8) is 0 Å². The first kappa shape index (κ1) is 26.9. The molecule has 5 rings (SSSR count). The summed E-state index contributed by atoms with van der Waals surface area (Å²) < 4.78 is 6.48. The second-order valence-corrected chi connectivity index (χ2v) is 12.4. The molecule has 2 bridgehead atoms. The number of nitrogens with zero attached hydrogens (tertiary/aromatic N) is 1. The van der Waals surface area contributed by atoms with Crippen molar-refractivity contribution in [1.29, 1.82) is 0 Å². The molecule has 3 aliphatic heterocycles. The van der Waals surface area contributed by atoms with Crippen LogP contribution in [-0.4, -0.2) is 52.5 Å². The SMILES string of the molecule is CC[C@H](C)N1C(=O)[C@H]2[C@H](C(=O)Nc3ccc(C(C)C)cc3)[C@H]3C=C[C@@]2(O3)[C@@H]1C(=O)N[C@@H]1CCC[C@@H](C)[C@@H]1C. The Morgan fingerprint density at radius 1 is 1.11 bits per heavy atom. The zero-order valence-corrected chi connectivity index (χ0v) is 23.6. The van der Waals surface area contributed by atoms with E-state index in [2.05, 4.69) is 38.3 Å². The van der Waals surface area contributed by atoms with Crippen molar-refractivity contribution in [3.8, 4) is 0 Å². The van der Waals surface area contributed by atoms with Crippen molar-refractivity contribution >= 4 is 23.4 Å². The Morgan fingerprint density at radius 3 is 2.47 bits per heavy atom. The van der Waals surface area contributed by atoms with Crippen LogP contribution in [0, 0.1) is 23.7 Å². The maximum absolute atomic E-state index is 14.0. The lowest BCUT2D eigenvalue weighted by molar-refractivity contribution is -0.144. The lowest BCUT2D eigenvalue weighted by Crippen LogP contribution is -2.59. The average Bonchev–Trinajstić information content (AvgIpc) is 3.54. The minimum absolute atomic E-state index is 0.0751. The highest BCUT2D eigenvalue weighted by Gasteiger charge is 2.73. The molecule has 0 radical (unpaired) electrons. The summed E-state index contributed by atoms with van der Waals surface area (Å²) in [5.41, 5.74) is 0.764. The molecule has 1 saturated carbocycles. The van der Waals surface area contributed by atoms with Gasteiger partial charge in [0.2, 0.25) is 17.7 Å². The van der Waals surface area contributed by atoms with E-state index in [9.17, 15) is 14.4 Å². The molecule has 4 aliphatic rings. The Hall–Kier alpha value is -2.67. The molecule has 1 aliphatic carbocycles. The van der Waals surface area contributed by atoms with E-state index in [0.29, 0.717) is 29.9 Å². The van der Waals surface area contributed by atoms with Gasteiger partial charge in [0.25, 0.3) is 0 Å². The molecule has 7 nitrogen and oxygen atoms in total. The molecule has 3 amide bonds. The Kier molecular flexibility index (Phi) is 7.18. The van der Waals surface area contributed by atoms with Crippen LogP contribution in [0.3, 0.4) is 0 Å². The number of benzene rings is 1. The maximum Gasteiger partial charge on any atom is 0.246 e. The van der Waals surface area contributed by atoms with E-state index in [-0.39, 0.29) is 29.8 Å². The number of amides is 3. The predicted octanol–water partition coefficient (Wildman–Crippen LogP) is 4.64. The summed E-state index contributed by atoms with van der Waals surface area (Å²) in [6.45, 7) is 12.7. The zero-order valence-electron chi connectivity index (χ0n) is 23.6. The number of likely N-dealkylation sites (tertiary alicyclic amines) is 1. The summed E-state index contributed by atoms with van der Waals surface area (Å²) in [5, 5.41) is 6.33. The molecule has 1 aromatic carbocycles. The summed E-state index contributed by atoms with van der Waals surface area (Å²) in [4.78, 5) is 43.4. The smallest absolute Gasteiger partial charge is 0.246 e. The molecule has 2 N–H and O–H groups in total. The van der Waals surface area contributed by atoms with Crippen LogP contribution in [0.5, 0.6) is 0 Å². The number of ether oxygens (including phenoxy) is 1. The Labute approximate surface area is 226 Å². The molecule has 1 aromatic rings. The van der Waals surface area contributed by atoms with Gasteiger partial charge in [-0.2, -0.15) is 0 Å². The standard InChI is InChI=1S/C31H43N3O4/c1-7-19(5)34-27(29(36)33-23-10-8-9-18(4)20(23)6)31-16-15-24(38-31)25(26(31)30(34)37)28(35)32-22-13-11-21(12-14-22)17(2)3/h11-20,23-27H,7-10H2,1-6H3,(H,32,35)(H,33,36)/t18-,19+,20+,23-,24-,25-,26-,27+,31+/m1/s1. The number of anilines is 1. The average molecular weight is 522 g/mol. The minimum atomic E-state index is -1.12. The highest BCUT2D eigenvalue weighted by Crippen LogP contribution is 2.56. The lowest BCUT2D eigenvalue weighted by Gasteiger charge is -2.39. The number of carbonyl (C=O) groups excluding carboxylic acids is 3. The first-order chi connectivity index (χ1) is 18.1. The highest BCUT2D eigenvalue weighted by molar-refractivity contribution is 6.03. The molecule has 3 heterocycles. The van der Waals surface area contributed by atoms with Crippen molar-refractivity contribution in [1.82, 2.24) is 10.2 Å². The fraction of sp³-hybridized carbons (Fsp3) is 0.645. The summed E-state index contributed by atoms with van der Waals surface area (Å²) in [5.74, 6) is -0.667. The topological polar surface area (TPSA) is 87.7 Å². The number of hydrogen-bond donors (Lipinski definition) is 2. The fourth-order valence-electron chi connectivity index (χ4n) is 7.10. The molecule has 7 heteroatoms. The molecule has 1 spiro atoms. The van der Waals surface area contributed by atoms with Gasteiger partial charge in [-0.1, -0.05) is 71.7 Å². The zero-order chi connectivity index (χ0) is 27.4. The maximum atomic E-state index is 14.0. The van der Waals surface area contributed by atoms with Gasteiger partial charge in [-0.3, -0.25) is 14.4 Å². The van der Waals surface area contributed by atoms with Crippen molar-refractivity contribution in [2.45, 2.75) is 103 Å². The van der Waals surface area contributed by atoms with Gasteiger partial charge in [-0.25, -0.2) is 0 Å². The van der Waals surface area contributed by atoms with Crippen molar-refractivity contribution in [2.75, 3.05) is 5.32 Å². The predicted molar refractivity (Wildman–Crippen MR) is 147 cm³/mol. The number of rotatable bonds is 7. The Morgan fingerprint density at radius 2 is 1.82 bits per heavy atom. The van der Waals surface area contributed by atoms with Crippen LogP contribution < -0.4 is 10.6 Å². The molecule has 0 aromatic heterocycles. The third-order valence-electron chi connectivity index (χ3n) is 9.81. The first-order valence-corrected chi connectivity index (χ1v) is 14.5. The van der Waals surface area contributed by atoms with E-state index in [1.165, 1.54) is 12.0 Å². The van der Waals surface area contributed by atoms with E-state index >= 15 is 0 Å². The molecular weight excluding hydrogens is 478 g/mol. The molecule has 0 unspecified atom stereocenters. The monoisotopic (exact) mass is 521 g/mol. The quantitative estimate of drug-likeness (QED) is 0.512. The Balaban J connectivity index is 1.42. The highest BCUT2D eigenvalue weighted by atomic mass is 16.5.